The van der Waals surface area contributed by atoms with Gasteiger partial charge in [0.15, 0.2) is 0 Å². The van der Waals surface area contributed by atoms with Crippen molar-refractivity contribution in [2.45, 2.75) is 13.0 Å². The van der Waals surface area contributed by atoms with Gasteiger partial charge in [-0.05, 0) is 24.6 Å². The van der Waals surface area contributed by atoms with Crippen LogP contribution >= 0.6 is 15.9 Å². The van der Waals surface area contributed by atoms with Crippen molar-refractivity contribution in [3.63, 3.8) is 0 Å². The molecule has 0 spiro atoms. The molecule has 100 valence electrons. The summed E-state index contributed by atoms with van der Waals surface area (Å²) in [6, 6.07) is 5.17. The van der Waals surface area contributed by atoms with Crippen molar-refractivity contribution in [2.24, 2.45) is 0 Å². The number of urea groups is 1. The van der Waals surface area contributed by atoms with Gasteiger partial charge in [0.1, 0.15) is 0 Å². The van der Waals surface area contributed by atoms with Gasteiger partial charge >= 0.3 is 6.03 Å². The normalized spacial score (nSPS) is 12.0. The topological polar surface area (TPSA) is 70.6 Å². The standard InChI is InChI=1S/C12H17BrN2O3/c1-8-3-4-9(5-11(8)13)15-12(17)14-6-10(16)7-18-2/h3-5,10,16H,6-7H2,1-2H3,(H2,14,15,17)/t10-/m1/s1. The van der Waals surface area contributed by atoms with Crippen LogP contribution in [0.15, 0.2) is 22.7 Å². The van der Waals surface area contributed by atoms with Gasteiger partial charge in [0.2, 0.25) is 0 Å². The maximum absolute atomic E-state index is 11.5. The molecule has 2 amide bonds. The Hall–Kier alpha value is -1.11. The number of carbonyl (C=O) groups is 1. The molecule has 1 rings (SSSR count). The highest BCUT2D eigenvalue weighted by Gasteiger charge is 2.07. The molecule has 1 aromatic carbocycles. The molecule has 0 unspecified atom stereocenters. The molecule has 1 aromatic rings. The Labute approximate surface area is 115 Å². The predicted octanol–water partition coefficient (Wildman–Crippen LogP) is 1.89. The number of halogens is 1. The van der Waals surface area contributed by atoms with Crippen LogP contribution in [0.2, 0.25) is 0 Å². The molecule has 18 heavy (non-hydrogen) atoms. The summed E-state index contributed by atoms with van der Waals surface area (Å²) in [6.45, 7) is 2.30. The molecule has 1 atom stereocenters. The average molecular weight is 317 g/mol. The molecular formula is C12H17BrN2O3. The van der Waals surface area contributed by atoms with Crippen molar-refractivity contribution >= 4 is 27.6 Å². The SMILES string of the molecule is COC[C@H](O)CNC(=O)Nc1ccc(C)c(Br)c1. The quantitative estimate of drug-likeness (QED) is 0.777. The van der Waals surface area contributed by atoms with E-state index in [4.69, 9.17) is 4.74 Å². The maximum atomic E-state index is 11.5. The molecule has 0 fully saturated rings. The Morgan fingerprint density at radius 1 is 1.56 bits per heavy atom. The number of carbonyl (C=O) groups excluding carboxylic acids is 1. The molecule has 0 saturated carbocycles. The van der Waals surface area contributed by atoms with Gasteiger partial charge in [-0.3, -0.25) is 0 Å². The summed E-state index contributed by atoms with van der Waals surface area (Å²) in [5, 5.41) is 14.6. The number of anilines is 1. The molecule has 0 aliphatic carbocycles. The van der Waals surface area contributed by atoms with Crippen LogP contribution in [0.1, 0.15) is 5.56 Å². The summed E-state index contributed by atoms with van der Waals surface area (Å²) in [5.74, 6) is 0. The zero-order valence-corrected chi connectivity index (χ0v) is 12.0. The van der Waals surface area contributed by atoms with Gasteiger partial charge in [-0.15, -0.1) is 0 Å². The van der Waals surface area contributed by atoms with E-state index in [0.29, 0.717) is 5.69 Å². The lowest BCUT2D eigenvalue weighted by atomic mass is 10.2. The van der Waals surface area contributed by atoms with E-state index in [0.717, 1.165) is 10.0 Å². The summed E-state index contributed by atoms with van der Waals surface area (Å²) in [5.41, 5.74) is 1.78. The predicted molar refractivity (Wildman–Crippen MR) is 73.8 cm³/mol. The van der Waals surface area contributed by atoms with E-state index in [1.54, 1.807) is 0 Å². The second-order valence-corrected chi connectivity index (χ2v) is 4.76. The van der Waals surface area contributed by atoms with E-state index < -0.39 is 6.10 Å². The van der Waals surface area contributed by atoms with Gasteiger partial charge in [0.25, 0.3) is 0 Å². The third kappa shape index (κ3) is 5.03. The Balaban J connectivity index is 2.42. The summed E-state index contributed by atoms with van der Waals surface area (Å²) in [6.07, 6.45) is -0.703. The van der Waals surface area contributed by atoms with Crippen LogP contribution in [0.3, 0.4) is 0 Å². The van der Waals surface area contributed by atoms with Gasteiger partial charge < -0.3 is 20.5 Å². The van der Waals surface area contributed by atoms with E-state index in [-0.39, 0.29) is 19.2 Å². The molecule has 5 nitrogen and oxygen atoms in total. The highest BCUT2D eigenvalue weighted by molar-refractivity contribution is 9.10. The van der Waals surface area contributed by atoms with Crippen LogP contribution in [-0.4, -0.2) is 37.5 Å². The average Bonchev–Trinajstić information content (AvgIpc) is 2.32. The smallest absolute Gasteiger partial charge is 0.319 e. The van der Waals surface area contributed by atoms with Crippen molar-refractivity contribution in [1.82, 2.24) is 5.32 Å². The third-order valence-corrected chi connectivity index (χ3v) is 3.14. The zero-order valence-electron chi connectivity index (χ0n) is 10.4. The van der Waals surface area contributed by atoms with Gasteiger partial charge in [-0.1, -0.05) is 22.0 Å². The Morgan fingerprint density at radius 3 is 2.89 bits per heavy atom. The molecule has 0 radical (unpaired) electrons. The number of benzene rings is 1. The summed E-state index contributed by atoms with van der Waals surface area (Å²) >= 11 is 3.39. The minimum absolute atomic E-state index is 0.146. The highest BCUT2D eigenvalue weighted by atomic mass is 79.9. The van der Waals surface area contributed by atoms with Crippen molar-refractivity contribution in [1.29, 1.82) is 0 Å². The first-order valence-electron chi connectivity index (χ1n) is 5.51. The highest BCUT2D eigenvalue weighted by Crippen LogP contribution is 2.20. The number of rotatable bonds is 5. The number of aryl methyl sites for hydroxylation is 1. The van der Waals surface area contributed by atoms with E-state index in [1.165, 1.54) is 7.11 Å². The first-order chi connectivity index (χ1) is 8.52. The van der Waals surface area contributed by atoms with Crippen molar-refractivity contribution < 1.29 is 14.6 Å². The Morgan fingerprint density at radius 2 is 2.28 bits per heavy atom. The fourth-order valence-corrected chi connectivity index (χ4v) is 1.69. The second-order valence-electron chi connectivity index (χ2n) is 3.91. The van der Waals surface area contributed by atoms with E-state index >= 15 is 0 Å². The fraction of sp³-hybridized carbons (Fsp3) is 0.417. The number of hydrogen-bond acceptors (Lipinski definition) is 3. The minimum Gasteiger partial charge on any atom is -0.389 e. The van der Waals surface area contributed by atoms with Crippen LogP contribution in [0.25, 0.3) is 0 Å². The zero-order chi connectivity index (χ0) is 13.5. The Bertz CT molecular complexity index is 412. The fourth-order valence-electron chi connectivity index (χ4n) is 1.31. The van der Waals surface area contributed by atoms with Gasteiger partial charge in [-0.2, -0.15) is 0 Å². The number of aliphatic hydroxyl groups excluding tert-OH is 1. The lowest BCUT2D eigenvalue weighted by molar-refractivity contribution is 0.0663. The van der Waals surface area contributed by atoms with Crippen molar-refractivity contribution in [2.75, 3.05) is 25.6 Å². The van der Waals surface area contributed by atoms with E-state index in [2.05, 4.69) is 26.6 Å². The van der Waals surface area contributed by atoms with Gasteiger partial charge in [-0.25, -0.2) is 4.79 Å². The van der Waals surface area contributed by atoms with Crippen molar-refractivity contribution in [3.05, 3.63) is 28.2 Å². The third-order valence-electron chi connectivity index (χ3n) is 2.29. The van der Waals surface area contributed by atoms with Crippen LogP contribution in [-0.2, 0) is 4.74 Å². The summed E-state index contributed by atoms with van der Waals surface area (Å²) in [7, 11) is 1.49. The number of ether oxygens (including phenoxy) is 1. The molecule has 6 heteroatoms. The second kappa shape index (κ2) is 7.35. The minimum atomic E-state index is -0.703. The first kappa shape index (κ1) is 14.9. The lowest BCUT2D eigenvalue weighted by Gasteiger charge is -2.12. The van der Waals surface area contributed by atoms with Crippen LogP contribution < -0.4 is 10.6 Å². The Kier molecular flexibility index (Phi) is 6.11. The molecule has 0 aliphatic rings. The molecule has 0 aliphatic heterocycles. The van der Waals surface area contributed by atoms with Gasteiger partial charge in [0.05, 0.1) is 12.7 Å². The van der Waals surface area contributed by atoms with Gasteiger partial charge in [0, 0.05) is 23.8 Å². The monoisotopic (exact) mass is 316 g/mol. The van der Waals surface area contributed by atoms with E-state index in [1.807, 2.05) is 25.1 Å². The van der Waals surface area contributed by atoms with Crippen molar-refractivity contribution in [3.8, 4) is 0 Å². The molecule has 0 aromatic heterocycles. The summed E-state index contributed by atoms with van der Waals surface area (Å²) < 4.78 is 5.69. The maximum Gasteiger partial charge on any atom is 0.319 e. The van der Waals surface area contributed by atoms with Crippen LogP contribution in [0, 0.1) is 6.92 Å². The molecule has 0 saturated heterocycles. The number of aliphatic hydroxyl groups is 1. The number of nitrogens with one attached hydrogen (secondary N) is 2. The molecule has 0 heterocycles. The summed E-state index contributed by atoms with van der Waals surface area (Å²) in [4.78, 5) is 11.5. The molecule has 0 bridgehead atoms. The number of amides is 2. The molecule has 3 N–H and O–H groups in total. The lowest BCUT2D eigenvalue weighted by Crippen LogP contribution is -2.37. The largest absolute Gasteiger partial charge is 0.389 e. The molecular weight excluding hydrogens is 300 g/mol. The number of hydrogen-bond donors (Lipinski definition) is 3. The van der Waals surface area contributed by atoms with Crippen LogP contribution in [0.5, 0.6) is 0 Å². The first-order valence-corrected chi connectivity index (χ1v) is 6.30. The number of methoxy groups -OCH3 is 1. The van der Waals surface area contributed by atoms with Crippen LogP contribution in [0.4, 0.5) is 10.5 Å². The van der Waals surface area contributed by atoms with E-state index in [9.17, 15) is 9.90 Å².